The molecule has 5 atom stereocenters. The van der Waals surface area contributed by atoms with Crippen molar-refractivity contribution in [1.29, 1.82) is 0 Å². The smallest absolute Gasteiger partial charge is 0.242 e. The minimum Gasteiger partial charge on any atom is -0.543 e. The monoisotopic (exact) mass is 431 g/mol. The summed E-state index contributed by atoms with van der Waals surface area (Å²) in [6, 6.07) is 4.51. The Morgan fingerprint density at radius 2 is 1.69 bits per heavy atom. The number of benzene rings is 1. The van der Waals surface area contributed by atoms with Gasteiger partial charge >= 0.3 is 0 Å². The van der Waals surface area contributed by atoms with E-state index in [1.54, 1.807) is 0 Å². The van der Waals surface area contributed by atoms with E-state index in [0.717, 1.165) is 29.7 Å². The lowest BCUT2D eigenvalue weighted by molar-refractivity contribution is -0.0140. The quantitative estimate of drug-likeness (QED) is 0.434. The molecule has 2 fully saturated rings. The van der Waals surface area contributed by atoms with Crippen LogP contribution >= 0.6 is 0 Å². The Labute approximate surface area is 180 Å². The Kier molecular flexibility index (Phi) is 5.27. The Bertz CT molecular complexity index is 782. The van der Waals surface area contributed by atoms with Crippen LogP contribution in [-0.2, 0) is 10.8 Å². The molecule has 0 aliphatic heterocycles. The van der Waals surface area contributed by atoms with Gasteiger partial charge < -0.3 is 14.6 Å². The zero-order valence-corrected chi connectivity index (χ0v) is 21.6. The van der Waals surface area contributed by atoms with Crippen LogP contribution in [-0.4, -0.2) is 22.7 Å². The molecule has 0 aromatic heterocycles. The van der Waals surface area contributed by atoms with Gasteiger partial charge in [0.25, 0.3) is 0 Å². The second kappa shape index (κ2) is 7.13. The number of nitrogen functional groups attached to an aromatic ring is 1. The molecular weight excluding hydrogens is 390 g/mol. The number of rotatable bonds is 4. The van der Waals surface area contributed by atoms with Crippen LogP contribution in [0, 0.1) is 17.3 Å². The molecule has 3 aliphatic carbocycles. The molecule has 1 aromatic rings. The van der Waals surface area contributed by atoms with Gasteiger partial charge in [0.1, 0.15) is 5.75 Å². The van der Waals surface area contributed by atoms with E-state index in [-0.39, 0.29) is 0 Å². The average Bonchev–Trinajstić information content (AvgIpc) is 2.91. The van der Waals surface area contributed by atoms with Crippen molar-refractivity contribution in [3.05, 3.63) is 23.3 Å². The van der Waals surface area contributed by atoms with E-state index in [2.05, 4.69) is 58.3 Å². The minimum atomic E-state index is -1.65. The molecule has 2 saturated carbocycles. The van der Waals surface area contributed by atoms with Crippen molar-refractivity contribution in [2.45, 2.75) is 96.8 Å². The highest BCUT2D eigenvalue weighted by atomic mass is 28.4. The maximum absolute atomic E-state index is 6.71. The van der Waals surface area contributed by atoms with Crippen LogP contribution in [0.1, 0.15) is 56.1 Å². The van der Waals surface area contributed by atoms with Gasteiger partial charge in [0.15, 0.2) is 8.32 Å². The molecule has 0 radical (unpaired) electrons. The predicted molar refractivity (Wildman–Crippen MR) is 128 cm³/mol. The lowest BCUT2D eigenvalue weighted by atomic mass is 9.55. The van der Waals surface area contributed by atoms with Gasteiger partial charge in [0.05, 0.1) is 11.8 Å². The fourth-order valence-corrected chi connectivity index (χ4v) is 8.74. The lowest BCUT2D eigenvalue weighted by Gasteiger charge is -2.51. The van der Waals surface area contributed by atoms with Gasteiger partial charge in [-0.05, 0) is 118 Å². The minimum absolute atomic E-state index is 0.366. The summed E-state index contributed by atoms with van der Waals surface area (Å²) < 4.78 is 13.0. The maximum Gasteiger partial charge on any atom is 0.242 e. The van der Waals surface area contributed by atoms with Gasteiger partial charge in [-0.1, -0.05) is 13.0 Å². The fraction of sp³-hybridized carbons (Fsp3) is 0.750. The highest BCUT2D eigenvalue weighted by molar-refractivity contribution is 6.70. The van der Waals surface area contributed by atoms with Crippen LogP contribution < -0.4 is 10.2 Å². The number of fused-ring (bicyclic) bond motifs is 5. The van der Waals surface area contributed by atoms with Crippen LogP contribution in [0.4, 0.5) is 5.69 Å². The molecule has 4 rings (SSSR count). The van der Waals surface area contributed by atoms with Crippen molar-refractivity contribution in [3.63, 3.8) is 0 Å². The summed E-state index contributed by atoms with van der Waals surface area (Å²) in [6.45, 7) is 16.2. The van der Waals surface area contributed by atoms with Gasteiger partial charge in [-0.2, -0.15) is 0 Å². The molecule has 3 nitrogen and oxygen atoms in total. The standard InChI is InChI=1S/C24H41NO2Si2/c1-24-15-14-17-16-10-12-21(26-28(2,3)4)23(25)19(16)9-8-18(17)20(24)11-13-22(24)27-29(5,6)7/h10,12,17-18,20,22H,8-9,11,13-15,25H2,1-7H3/t17-,18-,20+,22?,24+/m1/s1. The summed E-state index contributed by atoms with van der Waals surface area (Å²) >= 11 is 0. The van der Waals surface area contributed by atoms with Crippen LogP contribution in [0.25, 0.3) is 0 Å². The van der Waals surface area contributed by atoms with Crippen LogP contribution in [0.2, 0.25) is 39.3 Å². The Morgan fingerprint density at radius 1 is 0.966 bits per heavy atom. The van der Waals surface area contributed by atoms with Gasteiger partial charge in [0, 0.05) is 0 Å². The average molecular weight is 432 g/mol. The second-order valence-corrected chi connectivity index (χ2v) is 20.9. The summed E-state index contributed by atoms with van der Waals surface area (Å²) in [5.74, 6) is 3.19. The number of hydrogen-bond donors (Lipinski definition) is 1. The predicted octanol–water partition coefficient (Wildman–Crippen LogP) is 6.56. The molecule has 0 spiro atoms. The van der Waals surface area contributed by atoms with E-state index in [4.69, 9.17) is 14.6 Å². The van der Waals surface area contributed by atoms with Gasteiger partial charge in [-0.15, -0.1) is 0 Å². The lowest BCUT2D eigenvalue weighted by Crippen LogP contribution is -2.47. The first-order valence-electron chi connectivity index (χ1n) is 11.7. The Hall–Kier alpha value is -0.786. The summed E-state index contributed by atoms with van der Waals surface area (Å²) in [5.41, 5.74) is 10.8. The zero-order chi connectivity index (χ0) is 21.2. The van der Waals surface area contributed by atoms with Crippen LogP contribution in [0.3, 0.4) is 0 Å². The molecule has 1 aromatic carbocycles. The number of anilines is 1. The van der Waals surface area contributed by atoms with Crippen LogP contribution in [0.5, 0.6) is 5.75 Å². The molecule has 0 saturated heterocycles. The first-order valence-corrected chi connectivity index (χ1v) is 18.5. The molecule has 1 unspecified atom stereocenters. The Balaban J connectivity index is 1.60. The van der Waals surface area contributed by atoms with E-state index in [0.29, 0.717) is 17.4 Å². The van der Waals surface area contributed by atoms with Crippen molar-refractivity contribution in [3.8, 4) is 5.75 Å². The molecule has 5 heteroatoms. The Morgan fingerprint density at radius 3 is 2.34 bits per heavy atom. The molecular formula is C24H41NO2Si2. The van der Waals surface area contributed by atoms with Crippen LogP contribution in [0.15, 0.2) is 12.1 Å². The molecule has 162 valence electrons. The number of hydrogen-bond acceptors (Lipinski definition) is 3. The molecule has 2 N–H and O–H groups in total. The summed E-state index contributed by atoms with van der Waals surface area (Å²) in [5, 5.41) is 0. The molecule has 0 amide bonds. The maximum atomic E-state index is 6.71. The first kappa shape index (κ1) is 21.4. The van der Waals surface area contributed by atoms with Gasteiger partial charge in [-0.3, -0.25) is 0 Å². The second-order valence-electron chi connectivity index (χ2n) is 12.0. The zero-order valence-electron chi connectivity index (χ0n) is 19.6. The van der Waals surface area contributed by atoms with E-state index >= 15 is 0 Å². The normalized spacial score (nSPS) is 34.3. The third kappa shape index (κ3) is 3.95. The van der Waals surface area contributed by atoms with E-state index in [1.165, 1.54) is 43.2 Å². The highest BCUT2D eigenvalue weighted by Crippen LogP contribution is 2.62. The SMILES string of the molecule is C[C@]12CC[C@@H]3c4ccc(O[Si](C)(C)C)c(N)c4CC[C@H]3[C@@H]1CCC2O[Si](C)(C)C. The summed E-state index contributed by atoms with van der Waals surface area (Å²) in [7, 11) is -3.16. The first-order chi connectivity index (χ1) is 13.4. The summed E-state index contributed by atoms with van der Waals surface area (Å²) in [4.78, 5) is 0. The molecule has 0 heterocycles. The topological polar surface area (TPSA) is 44.5 Å². The molecule has 29 heavy (non-hydrogen) atoms. The molecule has 3 aliphatic rings. The largest absolute Gasteiger partial charge is 0.543 e. The van der Waals surface area contributed by atoms with Crippen molar-refractivity contribution in [2.24, 2.45) is 17.3 Å². The van der Waals surface area contributed by atoms with Crippen molar-refractivity contribution >= 4 is 22.3 Å². The number of nitrogens with two attached hydrogens (primary N) is 1. The van der Waals surface area contributed by atoms with E-state index < -0.39 is 16.6 Å². The van der Waals surface area contributed by atoms with E-state index in [9.17, 15) is 0 Å². The molecule has 0 bridgehead atoms. The van der Waals surface area contributed by atoms with Gasteiger partial charge in [0.2, 0.25) is 8.32 Å². The summed E-state index contributed by atoms with van der Waals surface area (Å²) in [6.07, 6.45) is 8.03. The highest BCUT2D eigenvalue weighted by Gasteiger charge is 2.56. The van der Waals surface area contributed by atoms with Crippen molar-refractivity contribution in [1.82, 2.24) is 0 Å². The fourth-order valence-electron chi connectivity index (χ4n) is 6.66. The van der Waals surface area contributed by atoms with Gasteiger partial charge in [-0.25, -0.2) is 0 Å². The third-order valence-electron chi connectivity index (χ3n) is 7.74. The van der Waals surface area contributed by atoms with Crippen molar-refractivity contribution < 1.29 is 8.85 Å². The van der Waals surface area contributed by atoms with Crippen molar-refractivity contribution in [2.75, 3.05) is 5.73 Å². The van der Waals surface area contributed by atoms with E-state index in [1.807, 2.05) is 0 Å². The third-order valence-corrected chi connectivity index (χ3v) is 9.57.